The van der Waals surface area contributed by atoms with Gasteiger partial charge < -0.3 is 10.0 Å². The van der Waals surface area contributed by atoms with E-state index >= 15 is 0 Å². The van der Waals surface area contributed by atoms with Crippen LogP contribution in [0.1, 0.15) is 32.1 Å². The molecule has 3 atom stereocenters. The molecule has 3 rings (SSSR count). The molecule has 0 spiro atoms. The van der Waals surface area contributed by atoms with Gasteiger partial charge in [0.15, 0.2) is 0 Å². The van der Waals surface area contributed by atoms with Gasteiger partial charge in [0.25, 0.3) is 0 Å². The van der Waals surface area contributed by atoms with Gasteiger partial charge >= 0.3 is 5.97 Å². The Morgan fingerprint density at radius 3 is 2.53 bits per heavy atom. The predicted molar refractivity (Wildman–Crippen MR) is 61.3 cm³/mol. The van der Waals surface area contributed by atoms with Crippen LogP contribution in [0.5, 0.6) is 0 Å². The minimum atomic E-state index is -0.744. The van der Waals surface area contributed by atoms with Crippen molar-refractivity contribution in [3.63, 3.8) is 0 Å². The molecule has 1 saturated heterocycles. The molecule has 4 nitrogen and oxygen atoms in total. The molecule has 0 aromatic heterocycles. The molecule has 3 fully saturated rings. The third kappa shape index (κ3) is 2.17. The van der Waals surface area contributed by atoms with E-state index in [1.165, 1.54) is 6.42 Å². The zero-order valence-electron chi connectivity index (χ0n) is 9.97. The fourth-order valence-corrected chi connectivity index (χ4v) is 3.62. The van der Waals surface area contributed by atoms with Crippen LogP contribution in [0.15, 0.2) is 0 Å². The van der Waals surface area contributed by atoms with Gasteiger partial charge in [-0.1, -0.05) is 0 Å². The van der Waals surface area contributed by atoms with Crippen LogP contribution in [0.2, 0.25) is 0 Å². The Labute approximate surface area is 101 Å². The normalized spacial score (nSPS) is 39.2. The van der Waals surface area contributed by atoms with Crippen molar-refractivity contribution in [1.82, 2.24) is 4.90 Å². The number of nitrogens with zero attached hydrogens (tertiary/aromatic N) is 1. The van der Waals surface area contributed by atoms with E-state index in [1.54, 1.807) is 0 Å². The van der Waals surface area contributed by atoms with Gasteiger partial charge in [0.05, 0.1) is 0 Å². The Balaban J connectivity index is 1.52. The van der Waals surface area contributed by atoms with Crippen LogP contribution in [0.3, 0.4) is 0 Å². The van der Waals surface area contributed by atoms with Crippen molar-refractivity contribution in [2.45, 2.75) is 32.1 Å². The summed E-state index contributed by atoms with van der Waals surface area (Å²) in [5, 5.41) is 8.75. The molecular formula is C13H19NO3. The maximum atomic E-state index is 12.2. The molecule has 2 saturated carbocycles. The first kappa shape index (κ1) is 11.1. The van der Waals surface area contributed by atoms with Gasteiger partial charge in [-0.2, -0.15) is 0 Å². The largest absolute Gasteiger partial charge is 0.481 e. The second kappa shape index (κ2) is 4.00. The van der Waals surface area contributed by atoms with Gasteiger partial charge in [-0.25, -0.2) is 0 Å². The summed E-state index contributed by atoms with van der Waals surface area (Å²) in [6.45, 7) is 1.43. The Kier molecular flexibility index (Phi) is 2.60. The topological polar surface area (TPSA) is 57.6 Å². The molecule has 2 aliphatic carbocycles. The van der Waals surface area contributed by atoms with Gasteiger partial charge in [-0.15, -0.1) is 0 Å². The monoisotopic (exact) mass is 237 g/mol. The lowest BCUT2D eigenvalue weighted by molar-refractivity contribution is -0.139. The summed E-state index contributed by atoms with van der Waals surface area (Å²) in [4.78, 5) is 24.8. The summed E-state index contributed by atoms with van der Waals surface area (Å²) in [5.41, 5.74) is 0. The van der Waals surface area contributed by atoms with Gasteiger partial charge in [0, 0.05) is 25.4 Å². The maximum absolute atomic E-state index is 12.2. The summed E-state index contributed by atoms with van der Waals surface area (Å²) in [7, 11) is 0. The molecule has 0 radical (unpaired) electrons. The number of rotatable bonds is 3. The standard InChI is InChI=1S/C13H19NO3/c15-12(16)3-8-1-2-14(7-8)13(17)11-5-9-4-10(9)6-11/h8-11H,1-7H2,(H,15,16). The molecule has 94 valence electrons. The molecule has 0 aromatic rings. The van der Waals surface area contributed by atoms with Crippen LogP contribution < -0.4 is 0 Å². The summed E-state index contributed by atoms with van der Waals surface area (Å²) < 4.78 is 0. The predicted octanol–water partition coefficient (Wildman–Crippen LogP) is 1.36. The molecule has 1 amide bonds. The molecule has 3 unspecified atom stereocenters. The summed E-state index contributed by atoms with van der Waals surface area (Å²) in [6, 6.07) is 0. The average molecular weight is 237 g/mol. The summed E-state index contributed by atoms with van der Waals surface area (Å²) >= 11 is 0. The van der Waals surface area contributed by atoms with Crippen LogP contribution in [0, 0.1) is 23.7 Å². The van der Waals surface area contributed by atoms with E-state index in [0.29, 0.717) is 12.5 Å². The molecular weight excluding hydrogens is 218 g/mol. The van der Waals surface area contributed by atoms with Crippen LogP contribution in [-0.2, 0) is 9.59 Å². The van der Waals surface area contributed by atoms with Crippen LogP contribution >= 0.6 is 0 Å². The van der Waals surface area contributed by atoms with Crippen molar-refractivity contribution in [3.8, 4) is 0 Å². The number of carbonyl (C=O) groups is 2. The van der Waals surface area contributed by atoms with Crippen LogP contribution in [0.4, 0.5) is 0 Å². The number of carboxylic acids is 1. The molecule has 0 bridgehead atoms. The number of fused-ring (bicyclic) bond motifs is 1. The van der Waals surface area contributed by atoms with E-state index in [4.69, 9.17) is 5.11 Å². The average Bonchev–Trinajstić information content (AvgIpc) is 2.73. The minimum Gasteiger partial charge on any atom is -0.481 e. The van der Waals surface area contributed by atoms with Crippen LogP contribution in [-0.4, -0.2) is 35.0 Å². The molecule has 4 heteroatoms. The third-order valence-corrected chi connectivity index (χ3v) is 4.65. The lowest BCUT2D eigenvalue weighted by Crippen LogP contribution is -2.34. The first-order chi connectivity index (χ1) is 8.13. The highest BCUT2D eigenvalue weighted by Gasteiger charge is 2.49. The van der Waals surface area contributed by atoms with Crippen molar-refractivity contribution < 1.29 is 14.7 Å². The maximum Gasteiger partial charge on any atom is 0.303 e. The van der Waals surface area contributed by atoms with Crippen molar-refractivity contribution in [2.75, 3.05) is 13.1 Å². The number of aliphatic carboxylic acids is 1. The lowest BCUT2D eigenvalue weighted by Gasteiger charge is -2.21. The Hall–Kier alpha value is -1.06. The first-order valence-corrected chi connectivity index (χ1v) is 6.64. The molecule has 1 heterocycles. The minimum absolute atomic E-state index is 0.174. The molecule has 1 N–H and O–H groups in total. The summed E-state index contributed by atoms with van der Waals surface area (Å²) in [6.07, 6.45) is 4.58. The van der Waals surface area contributed by atoms with Gasteiger partial charge in [0.2, 0.25) is 5.91 Å². The van der Waals surface area contributed by atoms with Crippen molar-refractivity contribution in [3.05, 3.63) is 0 Å². The van der Waals surface area contributed by atoms with E-state index in [-0.39, 0.29) is 18.3 Å². The number of hydrogen-bond donors (Lipinski definition) is 1. The highest BCUT2D eigenvalue weighted by molar-refractivity contribution is 5.80. The Morgan fingerprint density at radius 1 is 1.18 bits per heavy atom. The lowest BCUT2D eigenvalue weighted by atomic mass is 10.0. The first-order valence-electron chi connectivity index (χ1n) is 6.64. The van der Waals surface area contributed by atoms with E-state index in [9.17, 15) is 9.59 Å². The SMILES string of the molecule is O=C(O)CC1CCN(C(=O)C2CC3CC3C2)C1. The Morgan fingerprint density at radius 2 is 1.88 bits per heavy atom. The molecule has 3 aliphatic rings. The van der Waals surface area contributed by atoms with Gasteiger partial charge in [-0.3, -0.25) is 9.59 Å². The fourth-order valence-electron chi connectivity index (χ4n) is 3.62. The molecule has 1 aliphatic heterocycles. The van der Waals surface area contributed by atoms with E-state index < -0.39 is 5.97 Å². The number of amides is 1. The van der Waals surface area contributed by atoms with E-state index in [1.807, 2.05) is 4.90 Å². The third-order valence-electron chi connectivity index (χ3n) is 4.65. The zero-order chi connectivity index (χ0) is 12.0. The van der Waals surface area contributed by atoms with Gasteiger partial charge in [-0.05, 0) is 43.4 Å². The quantitative estimate of drug-likeness (QED) is 0.806. The van der Waals surface area contributed by atoms with E-state index in [2.05, 4.69) is 0 Å². The molecule has 0 aromatic carbocycles. The van der Waals surface area contributed by atoms with E-state index in [0.717, 1.165) is 37.6 Å². The summed E-state index contributed by atoms with van der Waals surface area (Å²) in [5.74, 6) is 1.65. The highest BCUT2D eigenvalue weighted by atomic mass is 16.4. The number of carboxylic acid groups (broad SMARTS) is 1. The highest BCUT2D eigenvalue weighted by Crippen LogP contribution is 2.54. The second-order valence-electron chi connectivity index (χ2n) is 5.96. The van der Waals surface area contributed by atoms with Gasteiger partial charge in [0.1, 0.15) is 0 Å². The number of likely N-dealkylation sites (tertiary alicyclic amines) is 1. The van der Waals surface area contributed by atoms with Crippen molar-refractivity contribution >= 4 is 11.9 Å². The second-order valence-corrected chi connectivity index (χ2v) is 5.96. The smallest absolute Gasteiger partial charge is 0.303 e. The number of carbonyl (C=O) groups excluding carboxylic acids is 1. The zero-order valence-corrected chi connectivity index (χ0v) is 9.97. The number of hydrogen-bond acceptors (Lipinski definition) is 2. The van der Waals surface area contributed by atoms with Crippen LogP contribution in [0.25, 0.3) is 0 Å². The van der Waals surface area contributed by atoms with Crippen molar-refractivity contribution in [1.29, 1.82) is 0 Å². The Bertz CT molecular complexity index is 345. The fraction of sp³-hybridized carbons (Fsp3) is 0.846. The molecule has 17 heavy (non-hydrogen) atoms. The van der Waals surface area contributed by atoms with Crippen molar-refractivity contribution in [2.24, 2.45) is 23.7 Å².